The van der Waals surface area contributed by atoms with Crippen molar-refractivity contribution in [3.63, 3.8) is 0 Å². The number of hydrogen-bond donors (Lipinski definition) is 5. The third-order valence-corrected chi connectivity index (χ3v) is 2.07. The molecule has 5 N–H and O–H groups in total. The maximum absolute atomic E-state index is 9.45. The Kier molecular flexibility index (Phi) is 3.16. The molecule has 0 amide bonds. The fourth-order valence-corrected chi connectivity index (χ4v) is 1.21. The van der Waals surface area contributed by atoms with E-state index in [1.165, 1.54) is 12.1 Å². The van der Waals surface area contributed by atoms with Gasteiger partial charge in [0.2, 0.25) is 5.75 Å². The Balaban J connectivity index is 3.16. The zero-order valence-electron chi connectivity index (χ0n) is 7.73. The molecule has 0 saturated heterocycles. The molecule has 5 heteroatoms. The van der Waals surface area contributed by atoms with Crippen LogP contribution in [0, 0.1) is 0 Å². The van der Waals surface area contributed by atoms with Crippen molar-refractivity contribution < 1.29 is 20.4 Å². The van der Waals surface area contributed by atoms with Crippen molar-refractivity contribution in [1.82, 2.24) is 5.32 Å². The molecule has 0 aromatic heterocycles. The van der Waals surface area contributed by atoms with Crippen molar-refractivity contribution in [2.75, 3.05) is 13.7 Å². The summed E-state index contributed by atoms with van der Waals surface area (Å²) < 4.78 is 0. The summed E-state index contributed by atoms with van der Waals surface area (Å²) in [5.74, 6) is -1.38. The van der Waals surface area contributed by atoms with Crippen LogP contribution in [0.4, 0.5) is 0 Å². The van der Waals surface area contributed by atoms with E-state index in [1.54, 1.807) is 7.05 Å². The van der Waals surface area contributed by atoms with Gasteiger partial charge in [-0.15, -0.1) is 0 Å². The minimum atomic E-state index is -0.573. The predicted molar refractivity (Wildman–Crippen MR) is 50.3 cm³/mol. The topological polar surface area (TPSA) is 93.0 Å². The summed E-state index contributed by atoms with van der Waals surface area (Å²) in [5.41, 5.74) is 0.338. The standard InChI is InChI=1S/C9H13NO4/c1-10-6(4-11)5-2-3-7(12)9(14)8(5)13/h2-3,6,10-14H,4H2,1H3/t6-/m1/s1. The fraction of sp³-hybridized carbons (Fsp3) is 0.333. The first-order valence-electron chi connectivity index (χ1n) is 4.13. The van der Waals surface area contributed by atoms with E-state index in [0.29, 0.717) is 5.56 Å². The number of phenols is 3. The second-order valence-corrected chi connectivity index (χ2v) is 2.89. The third-order valence-electron chi connectivity index (χ3n) is 2.07. The molecule has 0 unspecified atom stereocenters. The van der Waals surface area contributed by atoms with E-state index < -0.39 is 17.5 Å². The number of aliphatic hydroxyl groups excluding tert-OH is 1. The van der Waals surface area contributed by atoms with Gasteiger partial charge in [0, 0.05) is 5.56 Å². The van der Waals surface area contributed by atoms with Gasteiger partial charge in [-0.25, -0.2) is 0 Å². The minimum absolute atomic E-state index is 0.214. The summed E-state index contributed by atoms with van der Waals surface area (Å²) >= 11 is 0. The van der Waals surface area contributed by atoms with Crippen LogP contribution in [0.5, 0.6) is 17.2 Å². The molecule has 0 aliphatic heterocycles. The van der Waals surface area contributed by atoms with Crippen LogP contribution in [0.2, 0.25) is 0 Å². The monoisotopic (exact) mass is 199 g/mol. The molecule has 5 nitrogen and oxygen atoms in total. The smallest absolute Gasteiger partial charge is 0.200 e. The predicted octanol–water partition coefficient (Wildman–Crippen LogP) is 0.0562. The SMILES string of the molecule is CN[C@H](CO)c1ccc(O)c(O)c1O. The van der Waals surface area contributed by atoms with Gasteiger partial charge in [-0.1, -0.05) is 0 Å². The number of aliphatic hydroxyl groups is 1. The fourth-order valence-electron chi connectivity index (χ4n) is 1.21. The van der Waals surface area contributed by atoms with Crippen LogP contribution in [-0.4, -0.2) is 34.1 Å². The van der Waals surface area contributed by atoms with E-state index in [9.17, 15) is 10.2 Å². The Bertz CT molecular complexity index is 323. The molecule has 0 saturated carbocycles. The molecular formula is C9H13NO4. The van der Waals surface area contributed by atoms with Gasteiger partial charge < -0.3 is 25.7 Å². The molecule has 1 atom stereocenters. The number of nitrogens with one attached hydrogen (secondary N) is 1. The maximum atomic E-state index is 9.45. The second-order valence-electron chi connectivity index (χ2n) is 2.89. The zero-order valence-corrected chi connectivity index (χ0v) is 7.73. The van der Waals surface area contributed by atoms with Gasteiger partial charge in [0.25, 0.3) is 0 Å². The summed E-state index contributed by atoms with van der Waals surface area (Å²) in [6, 6.07) is 2.22. The van der Waals surface area contributed by atoms with E-state index in [1.807, 2.05) is 0 Å². The summed E-state index contributed by atoms with van der Waals surface area (Å²) in [6.45, 7) is -0.214. The summed E-state index contributed by atoms with van der Waals surface area (Å²) in [6.07, 6.45) is 0. The molecule has 0 heterocycles. The van der Waals surface area contributed by atoms with Gasteiger partial charge >= 0.3 is 0 Å². The summed E-state index contributed by atoms with van der Waals surface area (Å²) in [5, 5.41) is 39.4. The van der Waals surface area contributed by atoms with Crippen LogP contribution in [0.1, 0.15) is 11.6 Å². The van der Waals surface area contributed by atoms with E-state index in [-0.39, 0.29) is 12.4 Å². The van der Waals surface area contributed by atoms with Gasteiger partial charge in [-0.3, -0.25) is 0 Å². The Labute approximate surface area is 81.3 Å². The Morgan fingerprint density at radius 1 is 1.21 bits per heavy atom. The van der Waals surface area contributed by atoms with Gasteiger partial charge in [0.05, 0.1) is 12.6 Å². The average Bonchev–Trinajstić information content (AvgIpc) is 2.19. The Hall–Kier alpha value is -1.46. The second kappa shape index (κ2) is 4.17. The summed E-state index contributed by atoms with van der Waals surface area (Å²) in [4.78, 5) is 0. The largest absolute Gasteiger partial charge is 0.504 e. The van der Waals surface area contributed by atoms with Crippen molar-refractivity contribution in [1.29, 1.82) is 0 Å². The van der Waals surface area contributed by atoms with Crippen molar-refractivity contribution in [3.8, 4) is 17.2 Å². The van der Waals surface area contributed by atoms with Crippen molar-refractivity contribution in [2.45, 2.75) is 6.04 Å². The minimum Gasteiger partial charge on any atom is -0.504 e. The molecule has 0 spiro atoms. The van der Waals surface area contributed by atoms with Crippen LogP contribution in [0.15, 0.2) is 12.1 Å². The number of benzene rings is 1. The number of likely N-dealkylation sites (N-methyl/N-ethyl adjacent to an activating group) is 1. The Morgan fingerprint density at radius 2 is 1.86 bits per heavy atom. The molecule has 1 rings (SSSR count). The number of aromatic hydroxyl groups is 3. The summed E-state index contributed by atoms with van der Waals surface area (Å²) in [7, 11) is 1.62. The third kappa shape index (κ3) is 1.73. The first-order chi connectivity index (χ1) is 6.61. The lowest BCUT2D eigenvalue weighted by atomic mass is 10.1. The lowest BCUT2D eigenvalue weighted by molar-refractivity contribution is 0.246. The lowest BCUT2D eigenvalue weighted by Crippen LogP contribution is -2.19. The molecule has 78 valence electrons. The van der Waals surface area contributed by atoms with E-state index >= 15 is 0 Å². The normalized spacial score (nSPS) is 12.7. The molecule has 0 fully saturated rings. The molecular weight excluding hydrogens is 186 g/mol. The first kappa shape index (κ1) is 10.6. The zero-order chi connectivity index (χ0) is 10.7. The lowest BCUT2D eigenvalue weighted by Gasteiger charge is -2.15. The Morgan fingerprint density at radius 3 is 2.36 bits per heavy atom. The molecule has 1 aromatic rings. The van der Waals surface area contributed by atoms with Gasteiger partial charge in [0.15, 0.2) is 11.5 Å². The molecule has 14 heavy (non-hydrogen) atoms. The average molecular weight is 199 g/mol. The van der Waals surface area contributed by atoms with Crippen molar-refractivity contribution in [3.05, 3.63) is 17.7 Å². The van der Waals surface area contributed by atoms with Crippen LogP contribution < -0.4 is 5.32 Å². The number of hydrogen-bond acceptors (Lipinski definition) is 5. The quantitative estimate of drug-likeness (QED) is 0.444. The molecule has 0 aliphatic rings. The van der Waals surface area contributed by atoms with Crippen LogP contribution in [-0.2, 0) is 0 Å². The number of rotatable bonds is 3. The van der Waals surface area contributed by atoms with Crippen molar-refractivity contribution >= 4 is 0 Å². The van der Waals surface area contributed by atoms with Crippen molar-refractivity contribution in [2.24, 2.45) is 0 Å². The van der Waals surface area contributed by atoms with Crippen LogP contribution in [0.3, 0.4) is 0 Å². The van der Waals surface area contributed by atoms with Gasteiger partial charge in [-0.2, -0.15) is 0 Å². The highest BCUT2D eigenvalue weighted by Gasteiger charge is 2.17. The van der Waals surface area contributed by atoms with Gasteiger partial charge in [0.1, 0.15) is 0 Å². The van der Waals surface area contributed by atoms with E-state index in [4.69, 9.17) is 10.2 Å². The highest BCUT2D eigenvalue weighted by atomic mass is 16.3. The van der Waals surface area contributed by atoms with E-state index in [2.05, 4.69) is 5.32 Å². The number of phenolic OH excluding ortho intramolecular Hbond substituents is 3. The van der Waals surface area contributed by atoms with Gasteiger partial charge in [-0.05, 0) is 19.2 Å². The highest BCUT2D eigenvalue weighted by molar-refractivity contribution is 5.54. The first-order valence-corrected chi connectivity index (χ1v) is 4.13. The van der Waals surface area contributed by atoms with E-state index in [0.717, 1.165) is 0 Å². The molecule has 0 bridgehead atoms. The molecule has 0 aliphatic carbocycles. The van der Waals surface area contributed by atoms with Crippen LogP contribution >= 0.6 is 0 Å². The molecule has 0 radical (unpaired) electrons. The highest BCUT2D eigenvalue weighted by Crippen LogP contribution is 2.39. The van der Waals surface area contributed by atoms with Crippen LogP contribution in [0.25, 0.3) is 0 Å². The maximum Gasteiger partial charge on any atom is 0.200 e. The molecule has 1 aromatic carbocycles.